The number of benzene rings is 2. The maximum atomic E-state index is 13.3. The van der Waals surface area contributed by atoms with E-state index in [9.17, 15) is 14.4 Å². The summed E-state index contributed by atoms with van der Waals surface area (Å²) in [5.41, 5.74) is 0.741. The Hall–Kier alpha value is -2.94. The van der Waals surface area contributed by atoms with Gasteiger partial charge in [-0.3, -0.25) is 14.4 Å². The summed E-state index contributed by atoms with van der Waals surface area (Å²) in [5.74, 6) is -0.738. The van der Waals surface area contributed by atoms with Gasteiger partial charge in [0.05, 0.1) is 25.8 Å². The normalized spacial score (nSPS) is 16.2. The first-order chi connectivity index (χ1) is 14.9. The van der Waals surface area contributed by atoms with E-state index >= 15 is 0 Å². The van der Waals surface area contributed by atoms with Crippen LogP contribution in [0.25, 0.3) is 0 Å². The summed E-state index contributed by atoms with van der Waals surface area (Å²) in [6.07, 6.45) is -0.918. The highest BCUT2D eigenvalue weighted by Crippen LogP contribution is 2.28. The van der Waals surface area contributed by atoms with Crippen molar-refractivity contribution in [1.82, 2.24) is 4.90 Å². The molecule has 2 aromatic rings. The lowest BCUT2D eigenvalue weighted by Gasteiger charge is -2.30. The van der Waals surface area contributed by atoms with Crippen molar-refractivity contribution in [2.45, 2.75) is 18.8 Å². The predicted molar refractivity (Wildman–Crippen MR) is 114 cm³/mol. The van der Waals surface area contributed by atoms with Gasteiger partial charge in [-0.1, -0.05) is 11.6 Å². The number of methoxy groups -OCH3 is 3. The molecule has 3 amide bonds. The van der Waals surface area contributed by atoms with Gasteiger partial charge in [-0.2, -0.15) is 0 Å². The van der Waals surface area contributed by atoms with Crippen molar-refractivity contribution in [1.29, 1.82) is 0 Å². The van der Waals surface area contributed by atoms with Gasteiger partial charge in [0.25, 0.3) is 11.8 Å². The molecule has 164 valence electrons. The van der Waals surface area contributed by atoms with Crippen LogP contribution in [0.4, 0.5) is 5.69 Å². The average Bonchev–Trinajstić information content (AvgIpc) is 3.08. The molecule has 1 unspecified atom stereocenters. The standard InChI is InChI=1S/C22H23ClN2O6/c1-29-17-10-4-14(5-11-17)21(27)24(13-20(30-2)31-3)18-12-19(26)25(22(18)28)16-8-6-15(23)7-9-16/h4-11,18,20H,12-13H2,1-3H3. The Morgan fingerprint density at radius 2 is 1.68 bits per heavy atom. The second-order valence-electron chi connectivity index (χ2n) is 6.85. The van der Waals surface area contributed by atoms with Crippen LogP contribution in [0.1, 0.15) is 16.8 Å². The third kappa shape index (κ3) is 4.87. The fraction of sp³-hybridized carbons (Fsp3) is 0.318. The van der Waals surface area contributed by atoms with E-state index in [0.717, 1.165) is 4.90 Å². The molecule has 8 nitrogen and oxygen atoms in total. The van der Waals surface area contributed by atoms with Crippen LogP contribution in [0.15, 0.2) is 48.5 Å². The molecule has 0 radical (unpaired) electrons. The molecule has 0 aromatic heterocycles. The van der Waals surface area contributed by atoms with E-state index in [0.29, 0.717) is 22.0 Å². The molecule has 0 N–H and O–H groups in total. The Morgan fingerprint density at radius 1 is 1.06 bits per heavy atom. The van der Waals surface area contributed by atoms with Gasteiger partial charge in [0.15, 0.2) is 6.29 Å². The van der Waals surface area contributed by atoms with Gasteiger partial charge >= 0.3 is 0 Å². The summed E-state index contributed by atoms with van der Waals surface area (Å²) in [6, 6.07) is 11.9. The van der Waals surface area contributed by atoms with E-state index in [-0.39, 0.29) is 13.0 Å². The van der Waals surface area contributed by atoms with Crippen LogP contribution in [0.2, 0.25) is 5.02 Å². The lowest BCUT2D eigenvalue weighted by molar-refractivity contribution is -0.128. The van der Waals surface area contributed by atoms with E-state index in [4.69, 9.17) is 25.8 Å². The van der Waals surface area contributed by atoms with E-state index in [1.807, 2.05) is 0 Å². The minimum Gasteiger partial charge on any atom is -0.497 e. The van der Waals surface area contributed by atoms with Crippen LogP contribution in [0.5, 0.6) is 5.75 Å². The molecule has 1 heterocycles. The first-order valence-electron chi connectivity index (χ1n) is 9.52. The average molecular weight is 447 g/mol. The molecule has 0 spiro atoms. The maximum Gasteiger partial charge on any atom is 0.257 e. The van der Waals surface area contributed by atoms with Crippen molar-refractivity contribution in [2.75, 3.05) is 32.8 Å². The predicted octanol–water partition coefficient (Wildman–Crippen LogP) is 2.74. The maximum absolute atomic E-state index is 13.3. The molecule has 1 fully saturated rings. The minimum atomic E-state index is -0.995. The van der Waals surface area contributed by atoms with Crippen molar-refractivity contribution in [3.8, 4) is 5.75 Å². The number of hydrogen-bond donors (Lipinski definition) is 0. The molecule has 0 bridgehead atoms. The van der Waals surface area contributed by atoms with Gasteiger partial charge in [-0.15, -0.1) is 0 Å². The fourth-order valence-electron chi connectivity index (χ4n) is 3.38. The van der Waals surface area contributed by atoms with Crippen molar-refractivity contribution >= 4 is 35.0 Å². The van der Waals surface area contributed by atoms with E-state index in [2.05, 4.69) is 0 Å². The van der Waals surface area contributed by atoms with Crippen LogP contribution in [0.3, 0.4) is 0 Å². The van der Waals surface area contributed by atoms with Gasteiger partial charge in [-0.05, 0) is 48.5 Å². The van der Waals surface area contributed by atoms with E-state index in [1.165, 1.54) is 26.2 Å². The molecular formula is C22H23ClN2O6. The Kier molecular flexibility index (Phi) is 7.27. The van der Waals surface area contributed by atoms with Gasteiger partial charge in [0.2, 0.25) is 5.91 Å². The lowest BCUT2D eigenvalue weighted by atomic mass is 10.1. The second kappa shape index (κ2) is 9.91. The van der Waals surface area contributed by atoms with Crippen molar-refractivity contribution < 1.29 is 28.6 Å². The summed E-state index contributed by atoms with van der Waals surface area (Å²) in [6.45, 7) is -0.0317. The number of rotatable bonds is 8. The molecule has 0 saturated carbocycles. The zero-order chi connectivity index (χ0) is 22.5. The Bertz CT molecular complexity index is 943. The van der Waals surface area contributed by atoms with Crippen molar-refractivity contribution in [3.63, 3.8) is 0 Å². The SMILES string of the molecule is COc1ccc(C(=O)N(CC(OC)OC)C2CC(=O)N(c3ccc(Cl)cc3)C2=O)cc1. The lowest BCUT2D eigenvalue weighted by Crippen LogP contribution is -2.49. The van der Waals surface area contributed by atoms with Crippen LogP contribution in [-0.4, -0.2) is 62.8 Å². The van der Waals surface area contributed by atoms with Crippen LogP contribution in [-0.2, 0) is 19.1 Å². The summed E-state index contributed by atoms with van der Waals surface area (Å²) >= 11 is 5.91. The molecule has 2 aromatic carbocycles. The Morgan fingerprint density at radius 3 is 2.23 bits per heavy atom. The zero-order valence-electron chi connectivity index (χ0n) is 17.4. The Labute approximate surface area is 185 Å². The van der Waals surface area contributed by atoms with Crippen LogP contribution in [0, 0.1) is 0 Å². The number of anilines is 1. The first-order valence-corrected chi connectivity index (χ1v) is 9.90. The quantitative estimate of drug-likeness (QED) is 0.458. The highest BCUT2D eigenvalue weighted by Gasteiger charge is 2.45. The molecule has 9 heteroatoms. The molecule has 1 aliphatic rings. The van der Waals surface area contributed by atoms with Crippen molar-refractivity contribution in [2.24, 2.45) is 0 Å². The van der Waals surface area contributed by atoms with Gasteiger partial charge in [0.1, 0.15) is 11.8 Å². The van der Waals surface area contributed by atoms with Gasteiger partial charge in [0, 0.05) is 24.8 Å². The number of halogens is 1. The third-order valence-corrected chi connectivity index (χ3v) is 5.31. The number of carbonyl (C=O) groups is 3. The number of amides is 3. The number of imide groups is 1. The second-order valence-corrected chi connectivity index (χ2v) is 7.29. The first kappa shape index (κ1) is 22.7. The highest BCUT2D eigenvalue weighted by molar-refractivity contribution is 6.31. The van der Waals surface area contributed by atoms with Crippen molar-refractivity contribution in [3.05, 3.63) is 59.1 Å². The van der Waals surface area contributed by atoms with E-state index < -0.39 is 30.1 Å². The fourth-order valence-corrected chi connectivity index (χ4v) is 3.50. The summed E-state index contributed by atoms with van der Waals surface area (Å²) in [7, 11) is 4.40. The molecule has 1 aliphatic heterocycles. The highest BCUT2D eigenvalue weighted by atomic mass is 35.5. The summed E-state index contributed by atoms with van der Waals surface area (Å²) < 4.78 is 15.6. The number of nitrogens with zero attached hydrogens (tertiary/aromatic N) is 2. The Balaban J connectivity index is 1.92. The van der Waals surface area contributed by atoms with Gasteiger partial charge in [-0.25, -0.2) is 4.90 Å². The zero-order valence-corrected chi connectivity index (χ0v) is 18.2. The monoisotopic (exact) mass is 446 g/mol. The van der Waals surface area contributed by atoms with Crippen LogP contribution >= 0.6 is 11.6 Å². The topological polar surface area (TPSA) is 85.4 Å². The number of ether oxygens (including phenoxy) is 3. The largest absolute Gasteiger partial charge is 0.497 e. The molecular weight excluding hydrogens is 424 g/mol. The molecule has 1 saturated heterocycles. The molecule has 3 rings (SSSR count). The summed E-state index contributed by atoms with van der Waals surface area (Å²) in [5, 5.41) is 0.485. The minimum absolute atomic E-state index is 0.0317. The smallest absolute Gasteiger partial charge is 0.257 e. The molecule has 1 atom stereocenters. The number of hydrogen-bond acceptors (Lipinski definition) is 6. The summed E-state index contributed by atoms with van der Waals surface area (Å²) in [4.78, 5) is 41.6. The van der Waals surface area contributed by atoms with E-state index in [1.54, 1.807) is 48.5 Å². The third-order valence-electron chi connectivity index (χ3n) is 5.05. The van der Waals surface area contributed by atoms with Gasteiger partial charge < -0.3 is 19.1 Å². The molecule has 31 heavy (non-hydrogen) atoms. The number of carbonyl (C=O) groups excluding carboxylic acids is 3. The van der Waals surface area contributed by atoms with Crippen LogP contribution < -0.4 is 9.64 Å². The molecule has 0 aliphatic carbocycles.